The molecule has 3 heterocycles. The standard InChI is InChI=1S/C20H30FN5O3/c1-20(3-4-20)29-16-5-11-13(6-12(16)21)24-25-19(11)14-7-18(23-10-22-14)26-8-15(27)17(9-26)28-2/h7,10-13,15-17,19,24-25,27H,3-6,8-9H2,1-2H3/t11?,12?,13?,15-,16?,17-,19?/m0/s1. The van der Waals surface area contributed by atoms with Gasteiger partial charge in [-0.3, -0.25) is 5.43 Å². The third kappa shape index (κ3) is 3.74. The number of halogens is 1. The van der Waals surface area contributed by atoms with E-state index in [9.17, 15) is 9.50 Å². The predicted molar refractivity (Wildman–Crippen MR) is 104 cm³/mol. The molecule has 1 aromatic rings. The lowest BCUT2D eigenvalue weighted by Crippen LogP contribution is -2.45. The van der Waals surface area contributed by atoms with Crippen molar-refractivity contribution in [2.75, 3.05) is 25.1 Å². The van der Waals surface area contributed by atoms with Crippen LogP contribution in [0.25, 0.3) is 0 Å². The second kappa shape index (κ2) is 7.39. The largest absolute Gasteiger partial charge is 0.388 e. The molecule has 2 saturated carbocycles. The Balaban J connectivity index is 1.32. The van der Waals surface area contributed by atoms with Crippen molar-refractivity contribution in [1.82, 2.24) is 20.8 Å². The highest BCUT2D eigenvalue weighted by molar-refractivity contribution is 5.42. The van der Waals surface area contributed by atoms with Gasteiger partial charge >= 0.3 is 0 Å². The van der Waals surface area contributed by atoms with Gasteiger partial charge in [0.1, 0.15) is 24.4 Å². The quantitative estimate of drug-likeness (QED) is 0.663. The van der Waals surface area contributed by atoms with Crippen LogP contribution < -0.4 is 15.8 Å². The lowest BCUT2D eigenvalue weighted by Gasteiger charge is -2.36. The molecule has 1 aromatic heterocycles. The van der Waals surface area contributed by atoms with E-state index in [-0.39, 0.29) is 35.8 Å². The molecule has 5 unspecified atom stereocenters. The Hall–Kier alpha value is -1.39. The molecule has 2 aliphatic heterocycles. The molecule has 4 fully saturated rings. The minimum Gasteiger partial charge on any atom is -0.388 e. The molecule has 2 saturated heterocycles. The molecule has 7 atom stereocenters. The number of fused-ring (bicyclic) bond motifs is 1. The number of methoxy groups -OCH3 is 1. The van der Waals surface area contributed by atoms with Crippen molar-refractivity contribution in [3.8, 4) is 0 Å². The number of ether oxygens (including phenoxy) is 2. The van der Waals surface area contributed by atoms with Crippen LogP contribution in [0.2, 0.25) is 0 Å². The molecule has 5 rings (SSSR count). The Kier molecular flexibility index (Phi) is 4.98. The molecule has 0 aromatic carbocycles. The van der Waals surface area contributed by atoms with E-state index < -0.39 is 12.3 Å². The number of nitrogens with one attached hydrogen (secondary N) is 2. The summed E-state index contributed by atoms with van der Waals surface area (Å²) in [7, 11) is 1.61. The van der Waals surface area contributed by atoms with Gasteiger partial charge in [-0.15, -0.1) is 0 Å². The van der Waals surface area contributed by atoms with Crippen molar-refractivity contribution in [3.63, 3.8) is 0 Å². The fraction of sp³-hybridized carbons (Fsp3) is 0.800. The number of aliphatic hydroxyl groups excluding tert-OH is 1. The van der Waals surface area contributed by atoms with E-state index in [4.69, 9.17) is 9.47 Å². The van der Waals surface area contributed by atoms with Crippen LogP contribution in [0.15, 0.2) is 12.4 Å². The Bertz CT molecular complexity index is 751. The maximum Gasteiger partial charge on any atom is 0.132 e. The lowest BCUT2D eigenvalue weighted by atomic mass is 9.78. The van der Waals surface area contributed by atoms with Crippen LogP contribution >= 0.6 is 0 Å². The summed E-state index contributed by atoms with van der Waals surface area (Å²) in [5, 5.41) is 10.1. The maximum absolute atomic E-state index is 14.7. The fourth-order valence-corrected chi connectivity index (χ4v) is 4.94. The summed E-state index contributed by atoms with van der Waals surface area (Å²) in [5.74, 6) is 0.976. The number of aliphatic hydroxyl groups is 1. The van der Waals surface area contributed by atoms with E-state index in [0.29, 0.717) is 25.9 Å². The van der Waals surface area contributed by atoms with Gasteiger partial charge in [-0.25, -0.2) is 19.8 Å². The Morgan fingerprint density at radius 2 is 2.03 bits per heavy atom. The van der Waals surface area contributed by atoms with E-state index in [2.05, 4.69) is 27.7 Å². The molecule has 0 radical (unpaired) electrons. The first kappa shape index (κ1) is 19.6. The van der Waals surface area contributed by atoms with Gasteiger partial charge in [0.05, 0.1) is 29.5 Å². The molecule has 3 N–H and O–H groups in total. The topological polar surface area (TPSA) is 91.8 Å². The second-order valence-electron chi connectivity index (χ2n) is 9.18. The van der Waals surface area contributed by atoms with Crippen LogP contribution in [0.3, 0.4) is 0 Å². The Labute approximate surface area is 170 Å². The van der Waals surface area contributed by atoms with E-state index in [1.165, 1.54) is 0 Å². The highest BCUT2D eigenvalue weighted by atomic mass is 19.1. The SMILES string of the molecule is CO[C@H]1CN(c2cc(C3NNC4CC(F)C(OC5(C)CC5)CC43)ncn2)C[C@@H]1O. The molecule has 2 aliphatic carbocycles. The average molecular weight is 407 g/mol. The predicted octanol–water partition coefficient (Wildman–Crippen LogP) is 0.876. The van der Waals surface area contributed by atoms with Crippen LogP contribution in [-0.2, 0) is 9.47 Å². The molecule has 9 heteroatoms. The number of hydrogen-bond acceptors (Lipinski definition) is 8. The van der Waals surface area contributed by atoms with Crippen LogP contribution in [0.4, 0.5) is 10.2 Å². The van der Waals surface area contributed by atoms with Gasteiger partial charge in [-0.05, 0) is 32.6 Å². The summed E-state index contributed by atoms with van der Waals surface area (Å²) in [6.07, 6.45) is 2.66. The van der Waals surface area contributed by atoms with Crippen LogP contribution in [-0.4, -0.2) is 71.4 Å². The molecular weight excluding hydrogens is 377 g/mol. The third-order valence-electron chi connectivity index (χ3n) is 7.00. The van der Waals surface area contributed by atoms with Crippen molar-refractivity contribution in [2.45, 2.75) is 74.8 Å². The fourth-order valence-electron chi connectivity index (χ4n) is 4.94. The zero-order valence-electron chi connectivity index (χ0n) is 16.9. The number of nitrogens with zero attached hydrogens (tertiary/aromatic N) is 3. The Morgan fingerprint density at radius 3 is 2.76 bits per heavy atom. The van der Waals surface area contributed by atoms with Gasteiger partial charge in [0.15, 0.2) is 0 Å². The summed E-state index contributed by atoms with van der Waals surface area (Å²) < 4.78 is 26.1. The first-order chi connectivity index (χ1) is 14.0. The van der Waals surface area contributed by atoms with Crippen LogP contribution in [0.1, 0.15) is 44.3 Å². The minimum atomic E-state index is -0.945. The monoisotopic (exact) mass is 407 g/mol. The molecule has 0 spiro atoms. The molecule has 8 nitrogen and oxygen atoms in total. The zero-order valence-corrected chi connectivity index (χ0v) is 16.9. The molecule has 0 bridgehead atoms. The van der Waals surface area contributed by atoms with E-state index in [1.54, 1.807) is 13.4 Å². The summed E-state index contributed by atoms with van der Waals surface area (Å²) in [6, 6.07) is 2.00. The average Bonchev–Trinajstić information content (AvgIpc) is 3.12. The van der Waals surface area contributed by atoms with Crippen molar-refractivity contribution < 1.29 is 19.0 Å². The van der Waals surface area contributed by atoms with E-state index in [0.717, 1.165) is 24.4 Å². The number of anilines is 1. The molecular formula is C20H30FN5O3. The van der Waals surface area contributed by atoms with Crippen molar-refractivity contribution in [1.29, 1.82) is 0 Å². The zero-order chi connectivity index (χ0) is 20.2. The smallest absolute Gasteiger partial charge is 0.132 e. The van der Waals surface area contributed by atoms with Gasteiger partial charge in [-0.1, -0.05) is 0 Å². The summed E-state index contributed by atoms with van der Waals surface area (Å²) in [4.78, 5) is 10.9. The first-order valence-corrected chi connectivity index (χ1v) is 10.6. The lowest BCUT2D eigenvalue weighted by molar-refractivity contribution is -0.0886. The summed E-state index contributed by atoms with van der Waals surface area (Å²) in [5.41, 5.74) is 7.34. The molecule has 29 heavy (non-hydrogen) atoms. The van der Waals surface area contributed by atoms with E-state index in [1.807, 2.05) is 11.0 Å². The Morgan fingerprint density at radius 1 is 1.21 bits per heavy atom. The molecule has 4 aliphatic rings. The number of hydrogen-bond donors (Lipinski definition) is 3. The van der Waals surface area contributed by atoms with Crippen molar-refractivity contribution >= 4 is 5.82 Å². The minimum absolute atomic E-state index is 0.0295. The normalized spacial score (nSPS) is 40.8. The van der Waals surface area contributed by atoms with Crippen molar-refractivity contribution in [3.05, 3.63) is 18.1 Å². The van der Waals surface area contributed by atoms with Gasteiger partial charge < -0.3 is 19.5 Å². The number of rotatable bonds is 5. The maximum atomic E-state index is 14.7. The highest BCUT2D eigenvalue weighted by Gasteiger charge is 2.50. The molecule has 160 valence electrons. The first-order valence-electron chi connectivity index (χ1n) is 10.6. The summed E-state index contributed by atoms with van der Waals surface area (Å²) >= 11 is 0. The number of β-amino-alcohol motifs (C(OH)–C–C–N with tert-alkyl or cyclic N) is 1. The third-order valence-corrected chi connectivity index (χ3v) is 7.00. The number of hydrazine groups is 1. The van der Waals surface area contributed by atoms with Crippen LogP contribution in [0.5, 0.6) is 0 Å². The van der Waals surface area contributed by atoms with Gasteiger partial charge in [0.25, 0.3) is 0 Å². The number of alkyl halides is 1. The highest BCUT2D eigenvalue weighted by Crippen LogP contribution is 2.45. The molecule has 0 amide bonds. The van der Waals surface area contributed by atoms with Gasteiger partial charge in [0, 0.05) is 38.2 Å². The number of aromatic nitrogens is 2. The van der Waals surface area contributed by atoms with Crippen molar-refractivity contribution in [2.24, 2.45) is 5.92 Å². The van der Waals surface area contributed by atoms with Gasteiger partial charge in [0.2, 0.25) is 0 Å². The summed E-state index contributed by atoms with van der Waals surface area (Å²) in [6.45, 7) is 3.15. The second-order valence-corrected chi connectivity index (χ2v) is 9.18. The van der Waals surface area contributed by atoms with E-state index >= 15 is 0 Å². The van der Waals surface area contributed by atoms with Crippen LogP contribution in [0, 0.1) is 5.92 Å². The van der Waals surface area contributed by atoms with Gasteiger partial charge in [-0.2, -0.15) is 0 Å².